The molecule has 0 saturated heterocycles. The average Bonchev–Trinajstić information content (AvgIpc) is 3.12. The fourth-order valence-corrected chi connectivity index (χ4v) is 2.28. The lowest BCUT2D eigenvalue weighted by Crippen LogP contribution is -2.10. The van der Waals surface area contributed by atoms with Gasteiger partial charge < -0.3 is 9.73 Å². The molecule has 1 N–H and O–H groups in total. The van der Waals surface area contributed by atoms with Gasteiger partial charge in [-0.05, 0) is 18.2 Å². The van der Waals surface area contributed by atoms with Gasteiger partial charge in [0.1, 0.15) is 5.76 Å². The summed E-state index contributed by atoms with van der Waals surface area (Å²) in [5, 5.41) is 24.1. The van der Waals surface area contributed by atoms with E-state index < -0.39 is 15.8 Å². The number of hydrogen-bond acceptors (Lipinski definition) is 6. The maximum Gasteiger partial charge on any atom is 0.291 e. The van der Waals surface area contributed by atoms with Crippen molar-refractivity contribution in [2.75, 3.05) is 5.32 Å². The molecule has 1 amide bonds. The Labute approximate surface area is 146 Å². The van der Waals surface area contributed by atoms with E-state index in [2.05, 4.69) is 5.32 Å². The zero-order chi connectivity index (χ0) is 18.7. The van der Waals surface area contributed by atoms with Crippen LogP contribution in [0.1, 0.15) is 10.6 Å². The number of carbonyl (C=O) groups excluding carboxylic acids is 1. The van der Waals surface area contributed by atoms with E-state index in [0.717, 1.165) is 0 Å². The minimum absolute atomic E-state index is 0.0296. The van der Waals surface area contributed by atoms with Crippen molar-refractivity contribution in [3.8, 4) is 11.3 Å². The van der Waals surface area contributed by atoms with Crippen molar-refractivity contribution in [1.82, 2.24) is 0 Å². The third-order valence-corrected chi connectivity index (χ3v) is 3.49. The van der Waals surface area contributed by atoms with Gasteiger partial charge in [0.2, 0.25) is 0 Å². The molecule has 3 aromatic rings. The summed E-state index contributed by atoms with van der Waals surface area (Å²) in [6, 6.07) is 14.2. The summed E-state index contributed by atoms with van der Waals surface area (Å²) in [4.78, 5) is 32.8. The van der Waals surface area contributed by atoms with Gasteiger partial charge in [-0.15, -0.1) is 0 Å². The van der Waals surface area contributed by atoms with E-state index in [-0.39, 0.29) is 28.6 Å². The molecule has 9 nitrogen and oxygen atoms in total. The highest BCUT2D eigenvalue weighted by atomic mass is 16.6. The summed E-state index contributed by atoms with van der Waals surface area (Å²) in [5.41, 5.74) is 0.451. The summed E-state index contributed by atoms with van der Waals surface area (Å²) < 4.78 is 5.45. The predicted octanol–water partition coefficient (Wildman–Crippen LogP) is 4.02. The van der Waals surface area contributed by atoms with Crippen LogP contribution in [0.3, 0.4) is 0 Å². The van der Waals surface area contributed by atoms with Crippen LogP contribution in [-0.4, -0.2) is 15.8 Å². The predicted molar refractivity (Wildman–Crippen MR) is 91.8 cm³/mol. The Balaban J connectivity index is 1.80. The molecule has 0 radical (unpaired) electrons. The Kier molecular flexibility index (Phi) is 4.44. The second-order valence-corrected chi connectivity index (χ2v) is 5.23. The first-order valence-electron chi connectivity index (χ1n) is 7.34. The van der Waals surface area contributed by atoms with Crippen LogP contribution in [0.2, 0.25) is 0 Å². The molecule has 1 heterocycles. The molecule has 1 aromatic heterocycles. The number of rotatable bonds is 5. The molecule has 0 aliphatic heterocycles. The van der Waals surface area contributed by atoms with E-state index in [0.29, 0.717) is 5.56 Å². The van der Waals surface area contributed by atoms with E-state index in [1.807, 2.05) is 0 Å². The molecule has 0 bridgehead atoms. The lowest BCUT2D eigenvalue weighted by atomic mass is 10.1. The minimum Gasteiger partial charge on any atom is -0.451 e. The van der Waals surface area contributed by atoms with Gasteiger partial charge in [0, 0.05) is 35.5 Å². The van der Waals surface area contributed by atoms with E-state index in [1.54, 1.807) is 6.07 Å². The van der Waals surface area contributed by atoms with Crippen molar-refractivity contribution in [3.05, 3.63) is 86.7 Å². The zero-order valence-corrected chi connectivity index (χ0v) is 13.1. The molecule has 0 fully saturated rings. The maximum absolute atomic E-state index is 12.2. The first kappa shape index (κ1) is 16.8. The fourth-order valence-electron chi connectivity index (χ4n) is 2.28. The molecule has 0 spiro atoms. The molecule has 0 atom stereocenters. The number of non-ortho nitro benzene ring substituents is 2. The number of nitrogens with zero attached hydrogens (tertiary/aromatic N) is 2. The van der Waals surface area contributed by atoms with Crippen molar-refractivity contribution in [2.45, 2.75) is 0 Å². The maximum atomic E-state index is 12.2. The molecule has 26 heavy (non-hydrogen) atoms. The van der Waals surface area contributed by atoms with Crippen molar-refractivity contribution in [1.29, 1.82) is 0 Å². The van der Waals surface area contributed by atoms with Crippen LogP contribution in [-0.2, 0) is 0 Å². The van der Waals surface area contributed by atoms with E-state index in [4.69, 9.17) is 4.42 Å². The van der Waals surface area contributed by atoms with E-state index in [9.17, 15) is 25.0 Å². The number of nitro benzene ring substituents is 2. The van der Waals surface area contributed by atoms with Crippen LogP contribution in [0.4, 0.5) is 17.1 Å². The lowest BCUT2D eigenvalue weighted by Gasteiger charge is -2.03. The van der Waals surface area contributed by atoms with Gasteiger partial charge in [0.05, 0.1) is 9.85 Å². The normalized spacial score (nSPS) is 10.3. The number of nitrogens with one attached hydrogen (secondary N) is 1. The number of nitro groups is 2. The smallest absolute Gasteiger partial charge is 0.291 e. The van der Waals surface area contributed by atoms with Gasteiger partial charge >= 0.3 is 0 Å². The van der Waals surface area contributed by atoms with Crippen LogP contribution in [0.15, 0.2) is 65.1 Å². The second kappa shape index (κ2) is 6.85. The summed E-state index contributed by atoms with van der Waals surface area (Å²) in [6.45, 7) is 0. The Hall–Kier alpha value is -4.01. The van der Waals surface area contributed by atoms with Gasteiger partial charge in [-0.1, -0.05) is 18.2 Å². The van der Waals surface area contributed by atoms with Gasteiger partial charge in [-0.2, -0.15) is 0 Å². The SMILES string of the molecule is O=C(Nc1cccc([N+](=O)[O-])c1)c1ccc(-c2cccc([N+](=O)[O-])c2)o1. The van der Waals surface area contributed by atoms with Crippen LogP contribution >= 0.6 is 0 Å². The molecule has 2 aromatic carbocycles. The van der Waals surface area contributed by atoms with Crippen molar-refractivity contribution < 1.29 is 19.1 Å². The van der Waals surface area contributed by atoms with Crippen LogP contribution in [0.25, 0.3) is 11.3 Å². The first-order valence-corrected chi connectivity index (χ1v) is 7.34. The van der Waals surface area contributed by atoms with Crippen molar-refractivity contribution in [3.63, 3.8) is 0 Å². The topological polar surface area (TPSA) is 129 Å². The number of amides is 1. The largest absolute Gasteiger partial charge is 0.451 e. The molecule has 130 valence electrons. The second-order valence-electron chi connectivity index (χ2n) is 5.23. The highest BCUT2D eigenvalue weighted by Crippen LogP contribution is 2.26. The Morgan fingerprint density at radius 2 is 1.54 bits per heavy atom. The Morgan fingerprint density at radius 1 is 0.885 bits per heavy atom. The Bertz CT molecular complexity index is 1010. The summed E-state index contributed by atoms with van der Waals surface area (Å²) >= 11 is 0. The number of hydrogen-bond donors (Lipinski definition) is 1. The third kappa shape index (κ3) is 3.56. The molecule has 0 saturated carbocycles. The number of carbonyl (C=O) groups is 1. The monoisotopic (exact) mass is 353 g/mol. The highest BCUT2D eigenvalue weighted by molar-refractivity contribution is 6.02. The van der Waals surface area contributed by atoms with Gasteiger partial charge in [0.25, 0.3) is 17.3 Å². The number of furan rings is 1. The van der Waals surface area contributed by atoms with Crippen molar-refractivity contribution in [2.24, 2.45) is 0 Å². The molecule has 0 aliphatic carbocycles. The number of anilines is 1. The average molecular weight is 353 g/mol. The fraction of sp³-hybridized carbons (Fsp3) is 0. The standard InChI is InChI=1S/C17H11N3O6/c21-17(18-12-4-2-6-14(10-12)20(24)25)16-8-7-15(26-16)11-3-1-5-13(9-11)19(22)23/h1-10H,(H,18,21). The molecule has 9 heteroatoms. The Morgan fingerprint density at radius 3 is 2.23 bits per heavy atom. The van der Waals surface area contributed by atoms with E-state index >= 15 is 0 Å². The van der Waals surface area contributed by atoms with Gasteiger partial charge in [0.15, 0.2) is 5.76 Å². The van der Waals surface area contributed by atoms with Crippen LogP contribution < -0.4 is 5.32 Å². The molecule has 3 rings (SSSR count). The molecular weight excluding hydrogens is 342 g/mol. The summed E-state index contributed by atoms with van der Waals surface area (Å²) in [5.74, 6) is -0.335. The van der Waals surface area contributed by atoms with Crippen molar-refractivity contribution >= 4 is 23.0 Å². The zero-order valence-electron chi connectivity index (χ0n) is 13.1. The first-order chi connectivity index (χ1) is 12.4. The number of benzene rings is 2. The third-order valence-electron chi connectivity index (χ3n) is 3.49. The molecule has 0 aliphatic rings. The quantitative estimate of drug-likeness (QED) is 0.545. The van der Waals surface area contributed by atoms with E-state index in [1.165, 1.54) is 54.6 Å². The highest BCUT2D eigenvalue weighted by Gasteiger charge is 2.15. The summed E-state index contributed by atoms with van der Waals surface area (Å²) in [7, 11) is 0. The van der Waals surface area contributed by atoms with Crippen LogP contribution in [0, 0.1) is 20.2 Å². The minimum atomic E-state index is -0.595. The lowest BCUT2D eigenvalue weighted by molar-refractivity contribution is -0.385. The summed E-state index contributed by atoms with van der Waals surface area (Å²) in [6.07, 6.45) is 0. The van der Waals surface area contributed by atoms with Gasteiger partial charge in [-0.25, -0.2) is 0 Å². The molecule has 0 unspecified atom stereocenters. The van der Waals surface area contributed by atoms with Crippen LogP contribution in [0.5, 0.6) is 0 Å². The molecular formula is C17H11N3O6. The van der Waals surface area contributed by atoms with Gasteiger partial charge in [-0.3, -0.25) is 25.0 Å².